The number of rotatable bonds is 5. The molecule has 1 nitrogen and oxygen atoms in total. The molecule has 0 saturated heterocycles. The summed E-state index contributed by atoms with van der Waals surface area (Å²) in [6.45, 7) is 8.21. The number of nitrogens with one attached hydrogen (secondary N) is 1. The van der Waals surface area contributed by atoms with E-state index in [4.69, 9.17) is 0 Å². The summed E-state index contributed by atoms with van der Waals surface area (Å²) in [5.74, 6) is 0.636. The fourth-order valence-electron chi connectivity index (χ4n) is 3.16. The highest BCUT2D eigenvalue weighted by Crippen LogP contribution is 2.37. The van der Waals surface area contributed by atoms with Gasteiger partial charge in [-0.05, 0) is 29.7 Å². The van der Waals surface area contributed by atoms with Gasteiger partial charge >= 0.3 is 0 Å². The predicted octanol–water partition coefficient (Wildman–Crippen LogP) is 4.55. The van der Waals surface area contributed by atoms with Crippen LogP contribution in [0.5, 0.6) is 0 Å². The van der Waals surface area contributed by atoms with Gasteiger partial charge in [-0.3, -0.25) is 0 Å². The van der Waals surface area contributed by atoms with Gasteiger partial charge in [-0.1, -0.05) is 63.9 Å². The molecule has 1 N–H and O–H groups in total. The minimum absolute atomic E-state index is 0.489. The highest BCUT2D eigenvalue weighted by molar-refractivity contribution is 5.19. The van der Waals surface area contributed by atoms with Crippen LogP contribution >= 0.6 is 0 Å². The van der Waals surface area contributed by atoms with E-state index in [1.54, 1.807) is 0 Å². The molecule has 1 saturated carbocycles. The lowest BCUT2D eigenvalue weighted by Crippen LogP contribution is -2.34. The molecule has 0 aromatic heterocycles. The second-order valence-corrected chi connectivity index (χ2v) is 6.53. The number of hydrogen-bond acceptors (Lipinski definition) is 1. The summed E-state index contributed by atoms with van der Waals surface area (Å²) < 4.78 is 0. The van der Waals surface area contributed by atoms with Crippen molar-refractivity contribution in [1.82, 2.24) is 5.32 Å². The standard InChI is InChI=1S/C17H27N/c1-14(2)16(15-9-5-4-6-10-15)18-13-17(3)11-7-8-12-17/h4-6,9-10,14,16,18H,7-8,11-13H2,1-3H3. The maximum absolute atomic E-state index is 3.82. The predicted molar refractivity (Wildman–Crippen MR) is 78.6 cm³/mol. The van der Waals surface area contributed by atoms with Crippen LogP contribution in [0, 0.1) is 11.3 Å². The van der Waals surface area contributed by atoms with Gasteiger partial charge in [0.15, 0.2) is 0 Å². The van der Waals surface area contributed by atoms with Gasteiger partial charge in [0.2, 0.25) is 0 Å². The van der Waals surface area contributed by atoms with Crippen molar-refractivity contribution in [2.75, 3.05) is 6.54 Å². The maximum atomic E-state index is 3.82. The Morgan fingerprint density at radius 1 is 1.11 bits per heavy atom. The van der Waals surface area contributed by atoms with Crippen LogP contribution in [-0.4, -0.2) is 6.54 Å². The lowest BCUT2D eigenvalue weighted by Gasteiger charge is -2.30. The Morgan fingerprint density at radius 3 is 2.28 bits per heavy atom. The van der Waals surface area contributed by atoms with E-state index in [0.29, 0.717) is 17.4 Å². The van der Waals surface area contributed by atoms with E-state index >= 15 is 0 Å². The van der Waals surface area contributed by atoms with E-state index < -0.39 is 0 Å². The maximum Gasteiger partial charge on any atom is 0.0343 e. The first kappa shape index (κ1) is 13.6. The third-order valence-corrected chi connectivity index (χ3v) is 4.38. The molecule has 1 unspecified atom stereocenters. The van der Waals surface area contributed by atoms with E-state index in [2.05, 4.69) is 56.4 Å². The van der Waals surface area contributed by atoms with Crippen LogP contribution in [0.25, 0.3) is 0 Å². The fourth-order valence-corrected chi connectivity index (χ4v) is 3.16. The molecule has 0 spiro atoms. The van der Waals surface area contributed by atoms with Crippen molar-refractivity contribution in [3.05, 3.63) is 35.9 Å². The molecule has 2 rings (SSSR count). The first-order valence-corrected chi connectivity index (χ1v) is 7.39. The topological polar surface area (TPSA) is 12.0 Å². The minimum Gasteiger partial charge on any atom is -0.309 e. The van der Waals surface area contributed by atoms with E-state index in [0.717, 1.165) is 6.54 Å². The van der Waals surface area contributed by atoms with Crippen molar-refractivity contribution in [1.29, 1.82) is 0 Å². The van der Waals surface area contributed by atoms with Crippen LogP contribution in [0.1, 0.15) is 58.1 Å². The molecule has 100 valence electrons. The largest absolute Gasteiger partial charge is 0.309 e. The molecular formula is C17H27N. The molecule has 1 heteroatoms. The zero-order chi connectivity index (χ0) is 13.0. The van der Waals surface area contributed by atoms with Gasteiger partial charge in [0.1, 0.15) is 0 Å². The smallest absolute Gasteiger partial charge is 0.0343 e. The average molecular weight is 245 g/mol. The van der Waals surface area contributed by atoms with Gasteiger partial charge < -0.3 is 5.32 Å². The van der Waals surface area contributed by atoms with Crippen molar-refractivity contribution >= 4 is 0 Å². The lowest BCUT2D eigenvalue weighted by atomic mass is 9.87. The van der Waals surface area contributed by atoms with Gasteiger partial charge in [0.05, 0.1) is 0 Å². The second-order valence-electron chi connectivity index (χ2n) is 6.53. The molecule has 1 atom stereocenters. The van der Waals surface area contributed by atoms with Gasteiger partial charge in [-0.15, -0.1) is 0 Å². The molecule has 1 aliphatic carbocycles. The van der Waals surface area contributed by atoms with Crippen molar-refractivity contribution < 1.29 is 0 Å². The SMILES string of the molecule is CC(C)C(NCC1(C)CCCC1)c1ccccc1. The number of benzene rings is 1. The third kappa shape index (κ3) is 3.35. The Labute approximate surface area is 112 Å². The van der Waals surface area contributed by atoms with Crippen molar-refractivity contribution in [3.8, 4) is 0 Å². The van der Waals surface area contributed by atoms with Gasteiger partial charge in [0.25, 0.3) is 0 Å². The Hall–Kier alpha value is -0.820. The Balaban J connectivity index is 1.99. The molecule has 1 aliphatic rings. The van der Waals surface area contributed by atoms with Crippen molar-refractivity contribution in [2.24, 2.45) is 11.3 Å². The van der Waals surface area contributed by atoms with Crippen LogP contribution in [0.15, 0.2) is 30.3 Å². The summed E-state index contributed by atoms with van der Waals surface area (Å²) in [7, 11) is 0. The highest BCUT2D eigenvalue weighted by atomic mass is 14.9. The zero-order valence-corrected chi connectivity index (χ0v) is 12.1. The summed E-state index contributed by atoms with van der Waals surface area (Å²) >= 11 is 0. The summed E-state index contributed by atoms with van der Waals surface area (Å²) in [6, 6.07) is 11.4. The van der Waals surface area contributed by atoms with Gasteiger partial charge in [-0.2, -0.15) is 0 Å². The summed E-state index contributed by atoms with van der Waals surface area (Å²) in [6.07, 6.45) is 5.60. The van der Waals surface area contributed by atoms with Crippen LogP contribution in [0.2, 0.25) is 0 Å². The highest BCUT2D eigenvalue weighted by Gasteiger charge is 2.29. The van der Waals surface area contributed by atoms with Gasteiger partial charge in [0, 0.05) is 12.6 Å². The molecule has 1 fully saturated rings. The monoisotopic (exact) mass is 245 g/mol. The van der Waals surface area contributed by atoms with Crippen molar-refractivity contribution in [2.45, 2.75) is 52.5 Å². The summed E-state index contributed by atoms with van der Waals surface area (Å²) in [5.41, 5.74) is 1.95. The first-order chi connectivity index (χ1) is 8.61. The summed E-state index contributed by atoms with van der Waals surface area (Å²) in [5, 5.41) is 3.82. The first-order valence-electron chi connectivity index (χ1n) is 7.39. The number of hydrogen-bond donors (Lipinski definition) is 1. The molecule has 1 aromatic carbocycles. The van der Waals surface area contributed by atoms with E-state index in [9.17, 15) is 0 Å². The van der Waals surface area contributed by atoms with E-state index in [1.807, 2.05) is 0 Å². The van der Waals surface area contributed by atoms with Crippen LogP contribution in [0.4, 0.5) is 0 Å². The van der Waals surface area contributed by atoms with Crippen LogP contribution in [0.3, 0.4) is 0 Å². The Morgan fingerprint density at radius 2 is 1.72 bits per heavy atom. The van der Waals surface area contributed by atoms with Crippen LogP contribution < -0.4 is 5.32 Å². The molecule has 0 heterocycles. The minimum atomic E-state index is 0.489. The lowest BCUT2D eigenvalue weighted by molar-refractivity contribution is 0.277. The normalized spacial score (nSPS) is 20.2. The van der Waals surface area contributed by atoms with E-state index in [-0.39, 0.29) is 0 Å². The Kier molecular flexibility index (Phi) is 4.45. The molecule has 0 radical (unpaired) electrons. The third-order valence-electron chi connectivity index (χ3n) is 4.38. The molecule has 18 heavy (non-hydrogen) atoms. The second kappa shape index (κ2) is 5.88. The summed E-state index contributed by atoms with van der Waals surface area (Å²) in [4.78, 5) is 0. The molecule has 1 aromatic rings. The van der Waals surface area contributed by atoms with Crippen LogP contribution in [-0.2, 0) is 0 Å². The van der Waals surface area contributed by atoms with E-state index in [1.165, 1.54) is 31.2 Å². The fraction of sp³-hybridized carbons (Fsp3) is 0.647. The molecular weight excluding hydrogens is 218 g/mol. The quantitative estimate of drug-likeness (QED) is 0.802. The Bertz CT molecular complexity index is 349. The molecule has 0 bridgehead atoms. The van der Waals surface area contributed by atoms with Gasteiger partial charge in [-0.25, -0.2) is 0 Å². The molecule has 0 amide bonds. The average Bonchev–Trinajstić information content (AvgIpc) is 2.78. The zero-order valence-electron chi connectivity index (χ0n) is 12.1. The molecule has 0 aliphatic heterocycles. The van der Waals surface area contributed by atoms with Crippen molar-refractivity contribution in [3.63, 3.8) is 0 Å².